The molecule has 1 unspecified atom stereocenters. The Kier molecular flexibility index (Phi) is 4.76. The number of rotatable bonds is 4. The average Bonchev–Trinajstić information content (AvgIpc) is 2.30. The van der Waals surface area contributed by atoms with E-state index in [1.54, 1.807) is 35.3 Å². The molecule has 0 aromatic heterocycles. The highest BCUT2D eigenvalue weighted by molar-refractivity contribution is 5.87. The van der Waals surface area contributed by atoms with E-state index in [2.05, 4.69) is 0 Å². The zero-order chi connectivity index (χ0) is 12.8. The van der Waals surface area contributed by atoms with E-state index in [9.17, 15) is 9.90 Å². The molecular formula is C14H19NO2. The zero-order valence-electron chi connectivity index (χ0n) is 10.6. The van der Waals surface area contributed by atoms with Gasteiger partial charge in [-0.05, 0) is 44.5 Å². The molecule has 0 aliphatic carbocycles. The van der Waals surface area contributed by atoms with Gasteiger partial charge in [-0.15, -0.1) is 0 Å². The Morgan fingerprint density at radius 1 is 1.53 bits per heavy atom. The van der Waals surface area contributed by atoms with Crippen LogP contribution < -0.4 is 0 Å². The van der Waals surface area contributed by atoms with Crippen molar-refractivity contribution in [2.75, 3.05) is 6.54 Å². The summed E-state index contributed by atoms with van der Waals surface area (Å²) in [6.45, 7) is 6.37. The van der Waals surface area contributed by atoms with E-state index in [1.165, 1.54) is 0 Å². The summed E-state index contributed by atoms with van der Waals surface area (Å²) in [5, 5.41) is 9.44. The van der Waals surface area contributed by atoms with E-state index in [1.807, 2.05) is 26.8 Å². The number of likely N-dealkylation sites (N-methyl/N-ethyl adjacent to an activating group) is 1. The first-order valence-corrected chi connectivity index (χ1v) is 5.82. The molecule has 1 rings (SSSR count). The molecule has 0 fully saturated rings. The second-order valence-corrected chi connectivity index (χ2v) is 3.90. The molecule has 0 saturated carbocycles. The Morgan fingerprint density at radius 3 is 2.76 bits per heavy atom. The third-order valence-electron chi connectivity index (χ3n) is 2.75. The minimum absolute atomic E-state index is 0.00848. The van der Waals surface area contributed by atoms with Gasteiger partial charge >= 0.3 is 0 Å². The molecule has 1 amide bonds. The minimum atomic E-state index is -0.0456. The number of carbonyl (C=O) groups excluding carboxylic acids is 1. The number of phenolic OH excluding ortho intramolecular Hbond substituents is 1. The molecule has 3 heteroatoms. The highest BCUT2D eigenvalue weighted by Crippen LogP contribution is 2.23. The van der Waals surface area contributed by atoms with Gasteiger partial charge in [0.05, 0.1) is 6.04 Å². The normalized spacial score (nSPS) is 12.6. The van der Waals surface area contributed by atoms with Gasteiger partial charge in [0.2, 0.25) is 5.91 Å². The van der Waals surface area contributed by atoms with Crippen LogP contribution in [0.4, 0.5) is 0 Å². The molecule has 0 spiro atoms. The molecular weight excluding hydrogens is 214 g/mol. The lowest BCUT2D eigenvalue weighted by atomic mass is 10.1. The summed E-state index contributed by atoms with van der Waals surface area (Å²) >= 11 is 0. The van der Waals surface area contributed by atoms with Gasteiger partial charge in [0, 0.05) is 6.54 Å². The molecule has 0 radical (unpaired) electrons. The Balaban J connectivity index is 2.93. The van der Waals surface area contributed by atoms with E-state index in [0.717, 1.165) is 5.56 Å². The summed E-state index contributed by atoms with van der Waals surface area (Å²) < 4.78 is 0. The number of carbonyl (C=O) groups is 1. The first kappa shape index (κ1) is 13.3. The third kappa shape index (κ3) is 3.34. The van der Waals surface area contributed by atoms with Crippen LogP contribution in [0, 0.1) is 0 Å². The van der Waals surface area contributed by atoms with Gasteiger partial charge in [-0.2, -0.15) is 0 Å². The molecule has 0 bridgehead atoms. The largest absolute Gasteiger partial charge is 0.508 e. The lowest BCUT2D eigenvalue weighted by molar-refractivity contribution is -0.127. The highest BCUT2D eigenvalue weighted by atomic mass is 16.3. The fourth-order valence-corrected chi connectivity index (χ4v) is 1.82. The minimum Gasteiger partial charge on any atom is -0.508 e. The maximum absolute atomic E-state index is 11.9. The molecule has 1 aromatic carbocycles. The summed E-state index contributed by atoms with van der Waals surface area (Å²) in [5.74, 6) is 0.217. The smallest absolute Gasteiger partial charge is 0.246 e. The predicted molar refractivity (Wildman–Crippen MR) is 68.7 cm³/mol. The van der Waals surface area contributed by atoms with Gasteiger partial charge in [0.25, 0.3) is 0 Å². The Bertz CT molecular complexity index is 412. The first-order valence-electron chi connectivity index (χ1n) is 5.82. The molecule has 0 aliphatic rings. The Hall–Kier alpha value is -1.77. The van der Waals surface area contributed by atoms with Crippen LogP contribution in [0.3, 0.4) is 0 Å². The summed E-state index contributed by atoms with van der Waals surface area (Å²) in [5.41, 5.74) is 0.935. The number of amides is 1. The number of hydrogen-bond donors (Lipinski definition) is 1. The zero-order valence-corrected chi connectivity index (χ0v) is 10.6. The van der Waals surface area contributed by atoms with Crippen LogP contribution >= 0.6 is 0 Å². The summed E-state index contributed by atoms with van der Waals surface area (Å²) in [6.07, 6.45) is 3.29. The summed E-state index contributed by atoms with van der Waals surface area (Å²) in [6, 6.07) is 6.97. The van der Waals surface area contributed by atoms with E-state index >= 15 is 0 Å². The maximum Gasteiger partial charge on any atom is 0.246 e. The van der Waals surface area contributed by atoms with Crippen LogP contribution in [0.5, 0.6) is 5.75 Å². The standard InChI is InChI=1S/C14H19NO2/c1-4-7-14(17)15(5-2)11(3)12-8-6-9-13(16)10-12/h4,6-11,16H,5H2,1-3H3. The van der Waals surface area contributed by atoms with Crippen LogP contribution in [0.15, 0.2) is 36.4 Å². The molecule has 0 heterocycles. The van der Waals surface area contributed by atoms with Crippen molar-refractivity contribution in [3.8, 4) is 5.75 Å². The van der Waals surface area contributed by atoms with Gasteiger partial charge < -0.3 is 10.0 Å². The van der Waals surface area contributed by atoms with Crippen molar-refractivity contribution < 1.29 is 9.90 Å². The number of aromatic hydroxyl groups is 1. The number of allylic oxidation sites excluding steroid dienone is 1. The number of nitrogens with zero attached hydrogens (tertiary/aromatic N) is 1. The van der Waals surface area contributed by atoms with E-state index in [0.29, 0.717) is 6.54 Å². The Morgan fingerprint density at radius 2 is 2.24 bits per heavy atom. The lowest BCUT2D eigenvalue weighted by Crippen LogP contribution is -2.32. The fraction of sp³-hybridized carbons (Fsp3) is 0.357. The van der Waals surface area contributed by atoms with Crippen molar-refractivity contribution in [3.63, 3.8) is 0 Å². The van der Waals surface area contributed by atoms with Crippen LogP contribution in [0.1, 0.15) is 32.4 Å². The second-order valence-electron chi connectivity index (χ2n) is 3.90. The van der Waals surface area contributed by atoms with Crippen LogP contribution in [-0.2, 0) is 4.79 Å². The van der Waals surface area contributed by atoms with Gasteiger partial charge in [-0.3, -0.25) is 4.79 Å². The van der Waals surface area contributed by atoms with E-state index < -0.39 is 0 Å². The number of hydrogen-bond acceptors (Lipinski definition) is 2. The van der Waals surface area contributed by atoms with Crippen molar-refractivity contribution in [1.82, 2.24) is 4.90 Å². The van der Waals surface area contributed by atoms with Crippen LogP contribution in [-0.4, -0.2) is 22.5 Å². The fourth-order valence-electron chi connectivity index (χ4n) is 1.82. The van der Waals surface area contributed by atoms with Gasteiger partial charge in [0.1, 0.15) is 5.75 Å². The van der Waals surface area contributed by atoms with E-state index in [4.69, 9.17) is 0 Å². The van der Waals surface area contributed by atoms with Crippen molar-refractivity contribution in [3.05, 3.63) is 42.0 Å². The second kappa shape index (κ2) is 6.09. The molecule has 0 aliphatic heterocycles. The average molecular weight is 233 g/mol. The van der Waals surface area contributed by atoms with Gasteiger partial charge in [-0.25, -0.2) is 0 Å². The van der Waals surface area contributed by atoms with Gasteiger partial charge in [0.15, 0.2) is 0 Å². The molecule has 1 atom stereocenters. The van der Waals surface area contributed by atoms with Crippen LogP contribution in [0.25, 0.3) is 0 Å². The third-order valence-corrected chi connectivity index (χ3v) is 2.75. The van der Waals surface area contributed by atoms with Gasteiger partial charge in [-0.1, -0.05) is 18.2 Å². The number of benzene rings is 1. The summed E-state index contributed by atoms with van der Waals surface area (Å²) in [4.78, 5) is 13.6. The molecule has 3 nitrogen and oxygen atoms in total. The molecule has 1 N–H and O–H groups in total. The molecule has 1 aromatic rings. The summed E-state index contributed by atoms with van der Waals surface area (Å²) in [7, 11) is 0. The lowest BCUT2D eigenvalue weighted by Gasteiger charge is -2.27. The van der Waals surface area contributed by atoms with Crippen molar-refractivity contribution >= 4 is 5.91 Å². The molecule has 92 valence electrons. The van der Waals surface area contributed by atoms with E-state index in [-0.39, 0.29) is 17.7 Å². The predicted octanol–water partition coefficient (Wildman–Crippen LogP) is 2.88. The van der Waals surface area contributed by atoms with Crippen molar-refractivity contribution in [2.24, 2.45) is 0 Å². The Labute approximate surface area is 102 Å². The quantitative estimate of drug-likeness (QED) is 0.812. The maximum atomic E-state index is 11.9. The molecule has 17 heavy (non-hydrogen) atoms. The SMILES string of the molecule is CC=CC(=O)N(CC)C(C)c1cccc(O)c1. The van der Waals surface area contributed by atoms with Crippen molar-refractivity contribution in [1.29, 1.82) is 0 Å². The first-order chi connectivity index (χ1) is 8.10. The van der Waals surface area contributed by atoms with Crippen LogP contribution in [0.2, 0.25) is 0 Å². The van der Waals surface area contributed by atoms with Crippen molar-refractivity contribution in [2.45, 2.75) is 26.8 Å². The topological polar surface area (TPSA) is 40.5 Å². The monoisotopic (exact) mass is 233 g/mol. The highest BCUT2D eigenvalue weighted by Gasteiger charge is 2.17. The molecule has 0 saturated heterocycles. The number of phenols is 1.